The first-order valence-electron chi connectivity index (χ1n) is 15.2. The van der Waals surface area contributed by atoms with Gasteiger partial charge in [0.1, 0.15) is 0 Å². The lowest BCUT2D eigenvalue weighted by atomic mass is 9.75. The summed E-state index contributed by atoms with van der Waals surface area (Å²) in [6, 6.07) is 9.18. The van der Waals surface area contributed by atoms with Crippen molar-refractivity contribution >= 4 is 17.1 Å². The number of fused-ring (bicyclic) bond motifs is 1. The van der Waals surface area contributed by atoms with Gasteiger partial charge in [-0.15, -0.1) is 0 Å². The van der Waals surface area contributed by atoms with Crippen LogP contribution in [0.1, 0.15) is 58.9 Å². The predicted octanol–water partition coefficient (Wildman–Crippen LogP) is 4.83. The highest BCUT2D eigenvalue weighted by Gasteiger charge is 2.38. The fourth-order valence-electron chi connectivity index (χ4n) is 6.97. The topological polar surface area (TPSA) is 66.2 Å². The van der Waals surface area contributed by atoms with Crippen molar-refractivity contribution in [3.8, 4) is 11.3 Å². The molecule has 1 aliphatic carbocycles. The fourth-order valence-corrected chi connectivity index (χ4v) is 6.97. The molecule has 2 saturated heterocycles. The summed E-state index contributed by atoms with van der Waals surface area (Å²) < 4.78 is 8.36. The number of rotatable bonds is 7. The number of piperidine rings is 1. The number of pyridine rings is 1. The van der Waals surface area contributed by atoms with E-state index >= 15 is 0 Å². The van der Waals surface area contributed by atoms with E-state index in [9.17, 15) is 4.79 Å². The summed E-state index contributed by atoms with van der Waals surface area (Å²) in [5.41, 5.74) is 5.15. The first kappa shape index (κ1) is 27.2. The van der Waals surface area contributed by atoms with Crippen LogP contribution in [0.15, 0.2) is 42.9 Å². The zero-order valence-corrected chi connectivity index (χ0v) is 24.6. The Balaban J connectivity index is 1.17. The molecule has 6 rings (SSSR count). The maximum absolute atomic E-state index is 12.8. The summed E-state index contributed by atoms with van der Waals surface area (Å²) in [7, 11) is 0. The van der Waals surface area contributed by atoms with E-state index in [1.54, 1.807) is 0 Å². The highest BCUT2D eigenvalue weighted by atomic mass is 16.5. The lowest BCUT2D eigenvalue weighted by Gasteiger charge is -2.43. The number of hydrogen-bond acceptors (Lipinski definition) is 6. The molecule has 214 valence electrons. The summed E-state index contributed by atoms with van der Waals surface area (Å²) in [5, 5.41) is 4.60. The molecule has 2 aliphatic heterocycles. The Labute approximate surface area is 238 Å². The minimum Gasteiger partial charge on any atom is -0.370 e. The second kappa shape index (κ2) is 11.1. The molecular formula is C32H44N6O2. The van der Waals surface area contributed by atoms with Gasteiger partial charge in [-0.3, -0.25) is 9.78 Å². The molecule has 5 heterocycles. The van der Waals surface area contributed by atoms with Gasteiger partial charge >= 0.3 is 0 Å². The van der Waals surface area contributed by atoms with Gasteiger partial charge in [-0.1, -0.05) is 13.0 Å². The summed E-state index contributed by atoms with van der Waals surface area (Å²) in [6.45, 7) is 14.9. The average Bonchev–Trinajstić information content (AvgIpc) is 3.40. The number of carbonyl (C=O) groups is 1. The molecule has 3 fully saturated rings. The minimum atomic E-state index is -0.258. The van der Waals surface area contributed by atoms with Gasteiger partial charge in [0.05, 0.1) is 22.5 Å². The first-order valence-corrected chi connectivity index (χ1v) is 15.2. The Morgan fingerprint density at radius 2 is 1.82 bits per heavy atom. The SMILES string of the molecule is CCOC1(c2ccc(-c3cc4c(N5CCN(C(=O)[C@H]6C[C@H](C)C6)CC5)ccnn4c3)nc2)CCN(C(C)C)CC1. The average molecular weight is 545 g/mol. The van der Waals surface area contributed by atoms with Crippen LogP contribution in [0.3, 0.4) is 0 Å². The number of ether oxygens (including phenoxy) is 1. The maximum atomic E-state index is 12.8. The third-order valence-corrected chi connectivity index (χ3v) is 9.48. The van der Waals surface area contributed by atoms with Crippen LogP contribution in [0.5, 0.6) is 0 Å². The van der Waals surface area contributed by atoms with E-state index in [1.807, 2.05) is 16.9 Å². The van der Waals surface area contributed by atoms with Gasteiger partial charge in [-0.05, 0) is 70.6 Å². The standard InChI is InChI=1S/C32H44N6O2/c1-5-40-32(9-12-35(13-10-32)23(2)3)27-6-7-28(33-21-27)26-20-30-29(8-11-34-38(30)22-26)36-14-16-37(17-15-36)31(39)25-18-24(4)19-25/h6-8,11,20-25H,5,9-10,12-19H2,1-4H3/t24-,25-. The zero-order chi connectivity index (χ0) is 27.9. The third-order valence-electron chi connectivity index (χ3n) is 9.48. The van der Waals surface area contributed by atoms with E-state index in [0.717, 1.165) is 87.4 Å². The monoisotopic (exact) mass is 544 g/mol. The van der Waals surface area contributed by atoms with Gasteiger partial charge in [0, 0.05) is 87.6 Å². The molecule has 3 aromatic rings. The van der Waals surface area contributed by atoms with Gasteiger partial charge in [0.2, 0.25) is 5.91 Å². The molecule has 40 heavy (non-hydrogen) atoms. The number of aromatic nitrogens is 3. The summed E-state index contributed by atoms with van der Waals surface area (Å²) in [4.78, 5) is 24.7. The van der Waals surface area contributed by atoms with Crippen LogP contribution >= 0.6 is 0 Å². The Hall–Kier alpha value is -2.97. The molecule has 3 aromatic heterocycles. The number of likely N-dealkylation sites (tertiary alicyclic amines) is 1. The second-order valence-corrected chi connectivity index (χ2v) is 12.4. The van der Waals surface area contributed by atoms with Gasteiger partial charge in [-0.2, -0.15) is 5.10 Å². The van der Waals surface area contributed by atoms with Crippen LogP contribution in [0.4, 0.5) is 5.69 Å². The van der Waals surface area contributed by atoms with Crippen molar-refractivity contribution in [1.29, 1.82) is 0 Å². The van der Waals surface area contributed by atoms with Gasteiger partial charge < -0.3 is 19.4 Å². The molecule has 0 atom stereocenters. The minimum absolute atomic E-state index is 0.248. The van der Waals surface area contributed by atoms with E-state index < -0.39 is 0 Å². The van der Waals surface area contributed by atoms with Crippen molar-refractivity contribution in [1.82, 2.24) is 24.4 Å². The summed E-state index contributed by atoms with van der Waals surface area (Å²) >= 11 is 0. The molecular weight excluding hydrogens is 500 g/mol. The van der Waals surface area contributed by atoms with Gasteiger partial charge in [0.15, 0.2) is 0 Å². The first-order chi connectivity index (χ1) is 19.4. The Bertz CT molecular complexity index is 1310. The largest absolute Gasteiger partial charge is 0.370 e. The molecule has 1 amide bonds. The molecule has 0 unspecified atom stereocenters. The molecule has 0 spiro atoms. The predicted molar refractivity (Wildman–Crippen MR) is 158 cm³/mol. The van der Waals surface area contributed by atoms with Crippen LogP contribution in [0.2, 0.25) is 0 Å². The fraction of sp³-hybridized carbons (Fsp3) is 0.594. The molecule has 0 N–H and O–H groups in total. The smallest absolute Gasteiger partial charge is 0.225 e. The van der Waals surface area contributed by atoms with Crippen molar-refractivity contribution < 1.29 is 9.53 Å². The van der Waals surface area contributed by atoms with E-state index in [-0.39, 0.29) is 11.5 Å². The normalized spacial score (nSPS) is 23.5. The molecule has 0 radical (unpaired) electrons. The number of amides is 1. The van der Waals surface area contributed by atoms with Crippen molar-refractivity contribution in [2.24, 2.45) is 11.8 Å². The molecule has 3 aliphatic rings. The quantitative estimate of drug-likeness (QED) is 0.425. The highest BCUT2D eigenvalue weighted by Crippen LogP contribution is 2.38. The Morgan fingerprint density at radius 1 is 1.07 bits per heavy atom. The lowest BCUT2D eigenvalue weighted by molar-refractivity contribution is -0.140. The van der Waals surface area contributed by atoms with Crippen LogP contribution in [-0.4, -0.2) is 82.2 Å². The van der Waals surface area contributed by atoms with Crippen LogP contribution in [0, 0.1) is 11.8 Å². The van der Waals surface area contributed by atoms with E-state index in [4.69, 9.17) is 9.72 Å². The number of anilines is 1. The van der Waals surface area contributed by atoms with Crippen LogP contribution < -0.4 is 4.90 Å². The number of hydrogen-bond donors (Lipinski definition) is 0. The highest BCUT2D eigenvalue weighted by molar-refractivity contribution is 5.81. The van der Waals surface area contributed by atoms with Gasteiger partial charge in [0.25, 0.3) is 0 Å². The third kappa shape index (κ3) is 5.12. The lowest BCUT2D eigenvalue weighted by Crippen LogP contribution is -2.52. The zero-order valence-electron chi connectivity index (χ0n) is 24.6. The van der Waals surface area contributed by atoms with E-state index in [0.29, 0.717) is 24.5 Å². The Morgan fingerprint density at radius 3 is 2.45 bits per heavy atom. The number of nitrogens with zero attached hydrogens (tertiary/aromatic N) is 6. The van der Waals surface area contributed by atoms with Crippen LogP contribution in [0.25, 0.3) is 16.8 Å². The number of piperazine rings is 1. The van der Waals surface area contributed by atoms with Crippen molar-refractivity contribution in [3.63, 3.8) is 0 Å². The van der Waals surface area contributed by atoms with Crippen molar-refractivity contribution in [2.75, 3.05) is 50.8 Å². The van der Waals surface area contributed by atoms with E-state index in [2.05, 4.69) is 78.0 Å². The van der Waals surface area contributed by atoms with Gasteiger partial charge in [-0.25, -0.2) is 4.52 Å². The van der Waals surface area contributed by atoms with E-state index in [1.165, 1.54) is 5.56 Å². The van der Waals surface area contributed by atoms with Crippen molar-refractivity contribution in [3.05, 3.63) is 48.4 Å². The molecule has 1 saturated carbocycles. The maximum Gasteiger partial charge on any atom is 0.225 e. The van der Waals surface area contributed by atoms with Crippen molar-refractivity contribution in [2.45, 2.75) is 65.0 Å². The Kier molecular flexibility index (Phi) is 7.57. The summed E-state index contributed by atoms with van der Waals surface area (Å²) in [6.07, 6.45) is 10.0. The summed E-state index contributed by atoms with van der Waals surface area (Å²) in [5.74, 6) is 1.30. The number of carbonyl (C=O) groups excluding carboxylic acids is 1. The molecule has 8 nitrogen and oxygen atoms in total. The van der Waals surface area contributed by atoms with Crippen LogP contribution in [-0.2, 0) is 15.1 Å². The second-order valence-electron chi connectivity index (χ2n) is 12.4. The molecule has 8 heteroatoms. The molecule has 0 aromatic carbocycles. The molecule has 0 bridgehead atoms.